The summed E-state index contributed by atoms with van der Waals surface area (Å²) in [5, 5.41) is 5.30. The van der Waals surface area contributed by atoms with E-state index in [4.69, 9.17) is 0 Å². The number of rotatable bonds is 3. The van der Waals surface area contributed by atoms with Gasteiger partial charge in [-0.05, 0) is 6.92 Å². The molecule has 6 heteroatoms. The van der Waals surface area contributed by atoms with E-state index in [1.54, 1.807) is 16.8 Å². The summed E-state index contributed by atoms with van der Waals surface area (Å²) in [6.45, 7) is 2.51. The number of hydrogen-bond acceptors (Lipinski definition) is 5. The number of aryl methyl sites for hydroxylation is 1. The van der Waals surface area contributed by atoms with Crippen molar-refractivity contribution in [1.82, 2.24) is 15.6 Å². The van der Waals surface area contributed by atoms with Crippen LogP contribution >= 0.6 is 11.3 Å². The predicted octanol–water partition coefficient (Wildman–Crippen LogP) is -0.0438. The lowest BCUT2D eigenvalue weighted by Gasteiger charge is -2.07. The van der Waals surface area contributed by atoms with Crippen LogP contribution in [0.1, 0.15) is 17.0 Å². The SMILES string of the molecule is Cc1ncsc1CNC1CC(=O)NC1=O. The number of carbonyl (C=O) groups is 2. The molecule has 1 aliphatic rings. The fraction of sp³-hybridized carbons (Fsp3) is 0.444. The molecule has 1 unspecified atom stereocenters. The van der Waals surface area contributed by atoms with Crippen molar-refractivity contribution in [3.63, 3.8) is 0 Å². The average Bonchev–Trinajstić information content (AvgIpc) is 2.70. The zero-order valence-corrected chi connectivity index (χ0v) is 9.06. The van der Waals surface area contributed by atoms with E-state index in [-0.39, 0.29) is 24.3 Å². The lowest BCUT2D eigenvalue weighted by atomic mass is 10.2. The molecule has 0 saturated carbocycles. The van der Waals surface area contributed by atoms with E-state index in [2.05, 4.69) is 15.6 Å². The Morgan fingerprint density at radius 3 is 3.00 bits per heavy atom. The van der Waals surface area contributed by atoms with Gasteiger partial charge in [-0.15, -0.1) is 11.3 Å². The van der Waals surface area contributed by atoms with Crippen LogP contribution in [0.15, 0.2) is 5.51 Å². The van der Waals surface area contributed by atoms with Crippen molar-refractivity contribution >= 4 is 23.2 Å². The fourth-order valence-electron chi connectivity index (χ4n) is 1.43. The molecule has 0 aromatic carbocycles. The van der Waals surface area contributed by atoms with Gasteiger partial charge in [0.25, 0.3) is 0 Å². The maximum absolute atomic E-state index is 11.2. The van der Waals surface area contributed by atoms with Gasteiger partial charge in [-0.1, -0.05) is 0 Å². The largest absolute Gasteiger partial charge is 0.300 e. The first-order valence-electron chi connectivity index (χ1n) is 4.63. The van der Waals surface area contributed by atoms with E-state index in [0.29, 0.717) is 6.54 Å². The van der Waals surface area contributed by atoms with Crippen molar-refractivity contribution in [3.05, 3.63) is 16.1 Å². The second-order valence-electron chi connectivity index (χ2n) is 3.41. The molecule has 0 radical (unpaired) electrons. The van der Waals surface area contributed by atoms with Gasteiger partial charge in [0, 0.05) is 11.4 Å². The Labute approximate surface area is 90.9 Å². The summed E-state index contributed by atoms with van der Waals surface area (Å²) in [7, 11) is 0. The summed E-state index contributed by atoms with van der Waals surface area (Å²) in [4.78, 5) is 27.3. The third kappa shape index (κ3) is 2.21. The second kappa shape index (κ2) is 4.08. The number of hydrogen-bond donors (Lipinski definition) is 2. The molecule has 15 heavy (non-hydrogen) atoms. The van der Waals surface area contributed by atoms with Gasteiger partial charge in [0.1, 0.15) is 0 Å². The van der Waals surface area contributed by atoms with Crippen LogP contribution in [-0.2, 0) is 16.1 Å². The molecule has 80 valence electrons. The normalized spacial score (nSPS) is 20.7. The lowest BCUT2D eigenvalue weighted by molar-refractivity contribution is -0.125. The molecular formula is C9H11N3O2S. The van der Waals surface area contributed by atoms with Crippen molar-refractivity contribution in [1.29, 1.82) is 0 Å². The molecule has 2 amide bonds. The second-order valence-corrected chi connectivity index (χ2v) is 4.35. The molecule has 1 aromatic rings. The minimum absolute atomic E-state index is 0.210. The molecule has 2 heterocycles. The summed E-state index contributed by atoms with van der Waals surface area (Å²) >= 11 is 1.54. The lowest BCUT2D eigenvalue weighted by Crippen LogP contribution is -2.35. The Balaban J connectivity index is 1.91. The minimum Gasteiger partial charge on any atom is -0.300 e. The molecular weight excluding hydrogens is 214 g/mol. The van der Waals surface area contributed by atoms with Crippen molar-refractivity contribution in [2.24, 2.45) is 0 Å². The Bertz CT molecular complexity index is 402. The first kappa shape index (κ1) is 10.3. The standard InChI is InChI=1S/C9H11N3O2S/c1-5-7(15-4-11-5)3-10-6-2-8(13)12-9(6)14/h4,6,10H,2-3H2,1H3,(H,12,13,14). The molecule has 0 aliphatic carbocycles. The summed E-state index contributed by atoms with van der Waals surface area (Å²) in [5.74, 6) is -0.444. The van der Waals surface area contributed by atoms with Crippen LogP contribution in [-0.4, -0.2) is 22.8 Å². The number of nitrogens with one attached hydrogen (secondary N) is 2. The van der Waals surface area contributed by atoms with Gasteiger partial charge in [0.2, 0.25) is 11.8 Å². The molecule has 0 bridgehead atoms. The fourth-order valence-corrected chi connectivity index (χ4v) is 2.16. The Morgan fingerprint density at radius 2 is 2.47 bits per heavy atom. The van der Waals surface area contributed by atoms with Crippen LogP contribution in [0.4, 0.5) is 0 Å². The van der Waals surface area contributed by atoms with Crippen LogP contribution in [0.5, 0.6) is 0 Å². The molecule has 5 nitrogen and oxygen atoms in total. The highest BCUT2D eigenvalue weighted by atomic mass is 32.1. The van der Waals surface area contributed by atoms with Crippen molar-refractivity contribution in [3.8, 4) is 0 Å². The number of carbonyl (C=O) groups excluding carboxylic acids is 2. The van der Waals surface area contributed by atoms with Crippen LogP contribution < -0.4 is 10.6 Å². The van der Waals surface area contributed by atoms with Gasteiger partial charge in [0.05, 0.1) is 23.7 Å². The average molecular weight is 225 g/mol. The molecule has 1 fully saturated rings. The monoisotopic (exact) mass is 225 g/mol. The summed E-state index contributed by atoms with van der Waals surface area (Å²) < 4.78 is 0. The molecule has 1 saturated heterocycles. The minimum atomic E-state index is -0.390. The smallest absolute Gasteiger partial charge is 0.244 e. The van der Waals surface area contributed by atoms with Gasteiger partial charge in [-0.2, -0.15) is 0 Å². The first-order valence-corrected chi connectivity index (χ1v) is 5.51. The third-order valence-electron chi connectivity index (χ3n) is 2.32. The maximum Gasteiger partial charge on any atom is 0.244 e. The molecule has 1 aromatic heterocycles. The quantitative estimate of drug-likeness (QED) is 0.708. The van der Waals surface area contributed by atoms with Crippen LogP contribution in [0, 0.1) is 6.92 Å². The summed E-state index contributed by atoms with van der Waals surface area (Å²) in [6, 6.07) is -0.390. The van der Waals surface area contributed by atoms with E-state index in [0.717, 1.165) is 10.6 Å². The highest BCUT2D eigenvalue weighted by molar-refractivity contribution is 7.09. The van der Waals surface area contributed by atoms with E-state index >= 15 is 0 Å². The van der Waals surface area contributed by atoms with Gasteiger partial charge < -0.3 is 5.32 Å². The van der Waals surface area contributed by atoms with Crippen molar-refractivity contribution < 1.29 is 9.59 Å². The number of imide groups is 1. The van der Waals surface area contributed by atoms with Gasteiger partial charge in [-0.3, -0.25) is 14.9 Å². The summed E-state index contributed by atoms with van der Waals surface area (Å²) in [5.41, 5.74) is 2.74. The predicted molar refractivity (Wildman–Crippen MR) is 55.2 cm³/mol. The highest BCUT2D eigenvalue weighted by Gasteiger charge is 2.29. The van der Waals surface area contributed by atoms with Crippen molar-refractivity contribution in [2.45, 2.75) is 25.9 Å². The van der Waals surface area contributed by atoms with Crippen LogP contribution in [0.25, 0.3) is 0 Å². The Hall–Kier alpha value is -1.27. The van der Waals surface area contributed by atoms with Gasteiger partial charge in [-0.25, -0.2) is 4.98 Å². The first-order chi connectivity index (χ1) is 7.16. The maximum atomic E-state index is 11.2. The Morgan fingerprint density at radius 1 is 1.67 bits per heavy atom. The molecule has 1 atom stereocenters. The third-order valence-corrected chi connectivity index (χ3v) is 3.26. The highest BCUT2D eigenvalue weighted by Crippen LogP contribution is 2.12. The zero-order chi connectivity index (χ0) is 10.8. The zero-order valence-electron chi connectivity index (χ0n) is 8.24. The van der Waals surface area contributed by atoms with E-state index in [1.807, 2.05) is 6.92 Å². The molecule has 1 aliphatic heterocycles. The topological polar surface area (TPSA) is 71.1 Å². The Kier molecular flexibility index (Phi) is 2.79. The number of amides is 2. The van der Waals surface area contributed by atoms with E-state index in [1.165, 1.54) is 0 Å². The van der Waals surface area contributed by atoms with Crippen LogP contribution in [0.2, 0.25) is 0 Å². The van der Waals surface area contributed by atoms with Gasteiger partial charge >= 0.3 is 0 Å². The molecule has 2 N–H and O–H groups in total. The number of aromatic nitrogens is 1. The summed E-state index contributed by atoms with van der Waals surface area (Å²) in [6.07, 6.45) is 0.233. The van der Waals surface area contributed by atoms with Gasteiger partial charge in [0.15, 0.2) is 0 Å². The number of thiazole rings is 1. The molecule has 0 spiro atoms. The van der Waals surface area contributed by atoms with E-state index in [9.17, 15) is 9.59 Å². The number of nitrogens with zero attached hydrogens (tertiary/aromatic N) is 1. The van der Waals surface area contributed by atoms with E-state index < -0.39 is 0 Å². The molecule has 2 rings (SSSR count). The van der Waals surface area contributed by atoms with Crippen LogP contribution in [0.3, 0.4) is 0 Å². The van der Waals surface area contributed by atoms with Crippen molar-refractivity contribution in [2.75, 3.05) is 0 Å².